The number of hydrogen-bond donors (Lipinski definition) is 6. The SMILES string of the molecule is CCCCCCCCCCCCCCCCCC(=O)O.O=S(=O)(O)O.OCC(O)CO. The molecule has 0 heterocycles. The van der Waals surface area contributed by atoms with Gasteiger partial charge in [0.2, 0.25) is 0 Å². The third-order valence-corrected chi connectivity index (χ3v) is 4.42. The van der Waals surface area contributed by atoms with Crippen molar-refractivity contribution in [2.24, 2.45) is 0 Å². The van der Waals surface area contributed by atoms with Crippen molar-refractivity contribution in [3.8, 4) is 0 Å². The molecule has 190 valence electrons. The van der Waals surface area contributed by atoms with Gasteiger partial charge in [-0.1, -0.05) is 96.8 Å². The molecule has 0 radical (unpaired) electrons. The third kappa shape index (κ3) is 53.0. The molecule has 0 unspecified atom stereocenters. The van der Waals surface area contributed by atoms with Gasteiger partial charge in [-0.2, -0.15) is 8.42 Å². The molecule has 0 aliphatic rings. The number of aliphatic carboxylic acids is 1. The average Bonchev–Trinajstić information content (AvgIpc) is 2.69. The standard InChI is InChI=1S/C18H36O2.C3H8O3.H2O4S/c1-2-3-4-5-6-7-8-9-10-11-12-13-14-15-16-17-18(19)20;4-1-3(6)2-5;1-5(2,3)4/h2-17H2,1H3,(H,19,20);3-6H,1-2H2;(H2,1,2,3,4). The maximum absolute atomic E-state index is 10.3. The van der Waals surface area contributed by atoms with E-state index in [2.05, 4.69) is 6.92 Å². The maximum atomic E-state index is 10.3. The molecule has 0 aromatic carbocycles. The first-order chi connectivity index (χ1) is 14.6. The molecule has 0 amide bonds. The Balaban J connectivity index is -0.000000583. The second-order valence-electron chi connectivity index (χ2n) is 7.56. The molecule has 0 bridgehead atoms. The minimum Gasteiger partial charge on any atom is -0.481 e. The summed E-state index contributed by atoms with van der Waals surface area (Å²) in [6, 6.07) is 0. The van der Waals surface area contributed by atoms with E-state index in [9.17, 15) is 4.79 Å². The van der Waals surface area contributed by atoms with Crippen LogP contribution in [0.25, 0.3) is 0 Å². The van der Waals surface area contributed by atoms with Crippen molar-refractivity contribution < 1.29 is 42.7 Å². The Kier molecular flexibility index (Phi) is 30.6. The minimum atomic E-state index is -4.67. The lowest BCUT2D eigenvalue weighted by Crippen LogP contribution is -2.15. The number of carbonyl (C=O) groups is 1. The van der Waals surface area contributed by atoms with E-state index in [0.29, 0.717) is 6.42 Å². The van der Waals surface area contributed by atoms with Crippen molar-refractivity contribution in [1.29, 1.82) is 0 Å². The Morgan fingerprint density at radius 1 is 0.677 bits per heavy atom. The number of aliphatic hydroxyl groups is 3. The normalized spacial score (nSPS) is 10.8. The van der Waals surface area contributed by atoms with Crippen LogP contribution in [0.5, 0.6) is 0 Å². The van der Waals surface area contributed by atoms with Gasteiger partial charge in [0, 0.05) is 6.42 Å². The number of aliphatic hydroxyl groups excluding tert-OH is 3. The molecule has 10 heteroatoms. The summed E-state index contributed by atoms with van der Waals surface area (Å²) in [6.07, 6.45) is 19.2. The highest BCUT2D eigenvalue weighted by molar-refractivity contribution is 7.79. The van der Waals surface area contributed by atoms with E-state index in [1.807, 2.05) is 0 Å². The van der Waals surface area contributed by atoms with Crippen molar-refractivity contribution in [2.75, 3.05) is 13.2 Å². The van der Waals surface area contributed by atoms with Crippen molar-refractivity contribution >= 4 is 16.4 Å². The van der Waals surface area contributed by atoms with Crippen LogP contribution in [-0.4, -0.2) is 63.2 Å². The van der Waals surface area contributed by atoms with Crippen molar-refractivity contribution in [3.63, 3.8) is 0 Å². The van der Waals surface area contributed by atoms with Crippen LogP contribution >= 0.6 is 0 Å². The summed E-state index contributed by atoms with van der Waals surface area (Å²) in [5.41, 5.74) is 0. The molecule has 0 saturated heterocycles. The zero-order valence-corrected chi connectivity index (χ0v) is 19.9. The molecule has 31 heavy (non-hydrogen) atoms. The number of carboxylic acids is 1. The van der Waals surface area contributed by atoms with E-state index < -0.39 is 22.5 Å². The summed E-state index contributed by atoms with van der Waals surface area (Å²) in [5.74, 6) is -0.653. The zero-order chi connectivity index (χ0) is 24.4. The maximum Gasteiger partial charge on any atom is 0.394 e. The predicted molar refractivity (Wildman–Crippen MR) is 122 cm³/mol. The van der Waals surface area contributed by atoms with Gasteiger partial charge >= 0.3 is 16.4 Å². The second-order valence-corrected chi connectivity index (χ2v) is 8.46. The Labute approximate surface area is 188 Å². The van der Waals surface area contributed by atoms with Gasteiger partial charge in [-0.15, -0.1) is 0 Å². The van der Waals surface area contributed by atoms with Crippen LogP contribution < -0.4 is 0 Å². The van der Waals surface area contributed by atoms with Crippen LogP contribution in [-0.2, 0) is 15.2 Å². The lowest BCUT2D eigenvalue weighted by Gasteiger charge is -2.03. The lowest BCUT2D eigenvalue weighted by molar-refractivity contribution is -0.137. The predicted octanol–water partition coefficient (Wildman–Crippen LogP) is 4.01. The highest BCUT2D eigenvalue weighted by Crippen LogP contribution is 2.13. The average molecular weight is 475 g/mol. The molecule has 9 nitrogen and oxygen atoms in total. The van der Waals surface area contributed by atoms with E-state index in [0.717, 1.165) is 12.8 Å². The highest BCUT2D eigenvalue weighted by Gasteiger charge is 1.97. The van der Waals surface area contributed by atoms with E-state index in [-0.39, 0.29) is 13.2 Å². The van der Waals surface area contributed by atoms with Crippen LogP contribution in [0.1, 0.15) is 110 Å². The monoisotopic (exact) mass is 474 g/mol. The Hall–Kier alpha value is -0.780. The van der Waals surface area contributed by atoms with Crippen molar-refractivity contribution in [3.05, 3.63) is 0 Å². The quantitative estimate of drug-likeness (QED) is 0.127. The lowest BCUT2D eigenvalue weighted by atomic mass is 10.0. The van der Waals surface area contributed by atoms with Gasteiger partial charge in [-0.25, -0.2) is 0 Å². The summed E-state index contributed by atoms with van der Waals surface area (Å²) in [7, 11) is -4.67. The van der Waals surface area contributed by atoms with Crippen LogP contribution in [0.3, 0.4) is 0 Å². The van der Waals surface area contributed by atoms with Gasteiger partial charge in [-0.05, 0) is 6.42 Å². The van der Waals surface area contributed by atoms with E-state index in [4.69, 9.17) is 37.9 Å². The largest absolute Gasteiger partial charge is 0.481 e. The number of hydrogen-bond acceptors (Lipinski definition) is 6. The summed E-state index contributed by atoms with van der Waals surface area (Å²) in [4.78, 5) is 10.3. The van der Waals surface area contributed by atoms with Crippen LogP contribution in [0.15, 0.2) is 0 Å². The molecule has 0 aromatic heterocycles. The molecular weight excluding hydrogens is 428 g/mol. The summed E-state index contributed by atoms with van der Waals surface area (Å²) in [6.45, 7) is 1.54. The first kappa shape index (κ1) is 34.8. The van der Waals surface area contributed by atoms with Crippen LogP contribution in [0.4, 0.5) is 0 Å². The molecule has 0 aromatic rings. The van der Waals surface area contributed by atoms with Crippen molar-refractivity contribution in [2.45, 2.75) is 116 Å². The van der Waals surface area contributed by atoms with Gasteiger partial charge in [0.1, 0.15) is 6.10 Å². The molecule has 0 rings (SSSR count). The van der Waals surface area contributed by atoms with Gasteiger partial charge in [0.15, 0.2) is 0 Å². The molecule has 0 atom stereocenters. The van der Waals surface area contributed by atoms with Gasteiger partial charge in [0.25, 0.3) is 0 Å². The molecule has 0 aliphatic carbocycles. The molecule has 0 spiro atoms. The van der Waals surface area contributed by atoms with Gasteiger partial charge in [-0.3, -0.25) is 13.9 Å². The van der Waals surface area contributed by atoms with Gasteiger partial charge < -0.3 is 20.4 Å². The Bertz CT molecular complexity index is 444. The smallest absolute Gasteiger partial charge is 0.394 e. The van der Waals surface area contributed by atoms with E-state index >= 15 is 0 Å². The number of unbranched alkanes of at least 4 members (excludes halogenated alkanes) is 14. The minimum absolute atomic E-state index is 0.345. The second kappa shape index (κ2) is 27.3. The fourth-order valence-corrected chi connectivity index (χ4v) is 2.71. The van der Waals surface area contributed by atoms with Gasteiger partial charge in [0.05, 0.1) is 13.2 Å². The number of carboxylic acid groups (broad SMARTS) is 1. The fraction of sp³-hybridized carbons (Fsp3) is 0.952. The zero-order valence-electron chi connectivity index (χ0n) is 19.1. The molecule has 0 fully saturated rings. The van der Waals surface area contributed by atoms with E-state index in [1.54, 1.807) is 0 Å². The summed E-state index contributed by atoms with van der Waals surface area (Å²) < 4.78 is 31.6. The van der Waals surface area contributed by atoms with Crippen LogP contribution in [0.2, 0.25) is 0 Å². The van der Waals surface area contributed by atoms with Crippen molar-refractivity contribution in [1.82, 2.24) is 0 Å². The van der Waals surface area contributed by atoms with E-state index in [1.165, 1.54) is 83.5 Å². The highest BCUT2D eigenvalue weighted by atomic mass is 32.3. The summed E-state index contributed by atoms with van der Waals surface area (Å²) in [5, 5.41) is 32.5. The topological polar surface area (TPSA) is 173 Å². The van der Waals surface area contributed by atoms with Crippen LogP contribution in [0, 0.1) is 0 Å². The fourth-order valence-electron chi connectivity index (χ4n) is 2.71. The Morgan fingerprint density at radius 2 is 0.935 bits per heavy atom. The first-order valence-electron chi connectivity index (χ1n) is 11.4. The molecular formula is C21H46O9S. The number of rotatable bonds is 18. The Morgan fingerprint density at radius 3 is 1.13 bits per heavy atom. The molecule has 0 saturated carbocycles. The first-order valence-corrected chi connectivity index (χ1v) is 12.8. The summed E-state index contributed by atoms with van der Waals surface area (Å²) >= 11 is 0. The molecule has 0 aliphatic heterocycles. The molecule has 6 N–H and O–H groups in total. The third-order valence-electron chi connectivity index (χ3n) is 4.42.